The SMILES string of the molecule is CCC1(C)C(=O)NC(C)(C2CC2)C(=O)N1CCC(F)(F)F. The van der Waals surface area contributed by atoms with Gasteiger partial charge in [-0.25, -0.2) is 0 Å². The Morgan fingerprint density at radius 1 is 1.29 bits per heavy atom. The lowest BCUT2D eigenvalue weighted by Gasteiger charge is -2.50. The smallest absolute Gasteiger partial charge is 0.340 e. The van der Waals surface area contributed by atoms with Crippen LogP contribution in [-0.2, 0) is 9.59 Å². The standard InChI is InChI=1S/C14H21F3N2O2/c1-4-12(2)10(20)18-13(3,9-5-6-9)11(21)19(12)8-7-14(15,16)17/h9H,4-8H2,1-3H3,(H,18,20). The van der Waals surface area contributed by atoms with E-state index in [0.717, 1.165) is 17.7 Å². The second kappa shape index (κ2) is 4.88. The van der Waals surface area contributed by atoms with Crippen molar-refractivity contribution in [2.75, 3.05) is 6.54 Å². The van der Waals surface area contributed by atoms with Crippen molar-refractivity contribution in [1.29, 1.82) is 0 Å². The van der Waals surface area contributed by atoms with Crippen molar-refractivity contribution in [2.24, 2.45) is 5.92 Å². The summed E-state index contributed by atoms with van der Waals surface area (Å²) in [5.41, 5.74) is -2.27. The number of carbonyl (C=O) groups is 2. The van der Waals surface area contributed by atoms with Crippen LogP contribution in [0, 0.1) is 5.92 Å². The number of piperazine rings is 1. The Morgan fingerprint density at radius 2 is 1.86 bits per heavy atom. The average Bonchev–Trinajstić information content (AvgIpc) is 3.19. The van der Waals surface area contributed by atoms with Crippen molar-refractivity contribution in [3.63, 3.8) is 0 Å². The summed E-state index contributed by atoms with van der Waals surface area (Å²) in [5.74, 6) is -0.719. The Kier molecular flexibility index (Phi) is 3.74. The van der Waals surface area contributed by atoms with Gasteiger partial charge in [0.2, 0.25) is 11.8 Å². The number of rotatable bonds is 4. The number of alkyl halides is 3. The van der Waals surface area contributed by atoms with Crippen molar-refractivity contribution in [3.05, 3.63) is 0 Å². The van der Waals surface area contributed by atoms with Crippen LogP contribution < -0.4 is 5.32 Å². The Balaban J connectivity index is 2.29. The van der Waals surface area contributed by atoms with Gasteiger partial charge in [-0.2, -0.15) is 13.2 Å². The van der Waals surface area contributed by atoms with Gasteiger partial charge >= 0.3 is 6.18 Å². The molecule has 2 amide bonds. The highest BCUT2D eigenvalue weighted by atomic mass is 19.4. The molecule has 0 aromatic carbocycles. The van der Waals surface area contributed by atoms with Crippen molar-refractivity contribution >= 4 is 11.8 Å². The molecule has 21 heavy (non-hydrogen) atoms. The second-order valence-corrected chi connectivity index (χ2v) is 6.38. The molecule has 2 unspecified atom stereocenters. The van der Waals surface area contributed by atoms with Gasteiger partial charge in [0, 0.05) is 6.54 Å². The van der Waals surface area contributed by atoms with Gasteiger partial charge in [0.05, 0.1) is 6.42 Å². The molecule has 0 aromatic heterocycles. The minimum atomic E-state index is -4.35. The highest BCUT2D eigenvalue weighted by Gasteiger charge is 2.59. The molecular formula is C14H21F3N2O2. The van der Waals surface area contributed by atoms with Gasteiger partial charge in [-0.1, -0.05) is 6.92 Å². The summed E-state index contributed by atoms with van der Waals surface area (Å²) in [6.07, 6.45) is -3.53. The number of amides is 2. The highest BCUT2D eigenvalue weighted by molar-refractivity contribution is 6.02. The van der Waals surface area contributed by atoms with E-state index in [9.17, 15) is 22.8 Å². The molecule has 120 valence electrons. The number of nitrogens with zero attached hydrogens (tertiary/aromatic N) is 1. The maximum atomic E-state index is 12.7. The number of hydrogen-bond acceptors (Lipinski definition) is 2. The zero-order valence-corrected chi connectivity index (χ0v) is 12.5. The van der Waals surface area contributed by atoms with Gasteiger partial charge in [-0.05, 0) is 39.0 Å². The Morgan fingerprint density at radius 3 is 2.29 bits per heavy atom. The molecule has 2 fully saturated rings. The lowest BCUT2D eigenvalue weighted by Crippen LogP contribution is -2.74. The maximum absolute atomic E-state index is 12.7. The Labute approximate surface area is 122 Å². The zero-order chi connectivity index (χ0) is 16.1. The van der Waals surface area contributed by atoms with Crippen LogP contribution in [0.3, 0.4) is 0 Å². The highest BCUT2D eigenvalue weighted by Crippen LogP contribution is 2.44. The third-order valence-corrected chi connectivity index (χ3v) is 4.85. The van der Waals surface area contributed by atoms with E-state index in [0.29, 0.717) is 0 Å². The lowest BCUT2D eigenvalue weighted by molar-refractivity contribution is -0.170. The maximum Gasteiger partial charge on any atom is 0.390 e. The number of nitrogens with one attached hydrogen (secondary N) is 1. The largest absolute Gasteiger partial charge is 0.390 e. The molecule has 1 aliphatic heterocycles. The summed E-state index contributed by atoms with van der Waals surface area (Å²) in [6, 6.07) is 0. The molecule has 1 saturated carbocycles. The predicted molar refractivity (Wildman–Crippen MR) is 70.4 cm³/mol. The fourth-order valence-corrected chi connectivity index (χ4v) is 2.93. The van der Waals surface area contributed by atoms with Crippen molar-refractivity contribution in [2.45, 2.75) is 63.7 Å². The minimum Gasteiger partial charge on any atom is -0.340 e. The van der Waals surface area contributed by atoms with Gasteiger partial charge in [0.1, 0.15) is 11.1 Å². The van der Waals surface area contributed by atoms with Crippen LogP contribution in [-0.4, -0.2) is 40.5 Å². The van der Waals surface area contributed by atoms with Gasteiger partial charge in [-0.15, -0.1) is 0 Å². The summed E-state index contributed by atoms with van der Waals surface area (Å²) in [7, 11) is 0. The quantitative estimate of drug-likeness (QED) is 0.866. The molecule has 4 nitrogen and oxygen atoms in total. The molecule has 0 spiro atoms. The summed E-state index contributed by atoms with van der Waals surface area (Å²) >= 11 is 0. The molecule has 2 aliphatic rings. The molecule has 1 saturated heterocycles. The molecule has 1 aliphatic carbocycles. The van der Waals surface area contributed by atoms with Gasteiger partial charge in [0.25, 0.3) is 0 Å². The van der Waals surface area contributed by atoms with Crippen LogP contribution in [0.5, 0.6) is 0 Å². The third-order valence-electron chi connectivity index (χ3n) is 4.85. The first kappa shape index (κ1) is 16.1. The minimum absolute atomic E-state index is 0.0312. The molecule has 1 N–H and O–H groups in total. The fourth-order valence-electron chi connectivity index (χ4n) is 2.93. The van der Waals surface area contributed by atoms with E-state index in [1.54, 1.807) is 13.8 Å². The molecule has 0 radical (unpaired) electrons. The molecule has 7 heteroatoms. The lowest BCUT2D eigenvalue weighted by atomic mass is 9.82. The van der Waals surface area contributed by atoms with Crippen LogP contribution >= 0.6 is 0 Å². The summed E-state index contributed by atoms with van der Waals surface area (Å²) in [6.45, 7) is 4.39. The molecule has 0 bridgehead atoms. The first-order chi connectivity index (χ1) is 9.54. The molecule has 2 rings (SSSR count). The van der Waals surface area contributed by atoms with E-state index in [1.165, 1.54) is 6.92 Å². The number of halogens is 3. The van der Waals surface area contributed by atoms with Crippen LogP contribution in [0.2, 0.25) is 0 Å². The van der Waals surface area contributed by atoms with Gasteiger partial charge in [-0.3, -0.25) is 9.59 Å². The number of carbonyl (C=O) groups excluding carboxylic acids is 2. The molecule has 0 aromatic rings. The Hall–Kier alpha value is -1.27. The summed E-state index contributed by atoms with van der Waals surface area (Å²) in [4.78, 5) is 26.2. The summed E-state index contributed by atoms with van der Waals surface area (Å²) in [5, 5.41) is 2.76. The first-order valence-corrected chi connectivity index (χ1v) is 7.26. The Bertz CT molecular complexity index is 462. The first-order valence-electron chi connectivity index (χ1n) is 7.26. The van der Waals surface area contributed by atoms with E-state index in [2.05, 4.69) is 5.32 Å². The van der Waals surface area contributed by atoms with Crippen molar-refractivity contribution in [1.82, 2.24) is 10.2 Å². The number of hydrogen-bond donors (Lipinski definition) is 1. The van der Waals surface area contributed by atoms with Crippen molar-refractivity contribution < 1.29 is 22.8 Å². The predicted octanol–water partition coefficient (Wildman–Crippen LogP) is 2.23. The van der Waals surface area contributed by atoms with Gasteiger partial charge in [0.15, 0.2) is 0 Å². The van der Waals surface area contributed by atoms with Crippen LogP contribution in [0.4, 0.5) is 13.2 Å². The normalized spacial score (nSPS) is 34.1. The summed E-state index contributed by atoms with van der Waals surface area (Å²) < 4.78 is 37.5. The zero-order valence-electron chi connectivity index (χ0n) is 12.5. The molecular weight excluding hydrogens is 285 g/mol. The van der Waals surface area contributed by atoms with E-state index in [-0.39, 0.29) is 18.2 Å². The molecule has 1 heterocycles. The van der Waals surface area contributed by atoms with E-state index < -0.39 is 36.1 Å². The van der Waals surface area contributed by atoms with E-state index in [1.807, 2.05) is 0 Å². The van der Waals surface area contributed by atoms with Gasteiger partial charge < -0.3 is 10.2 Å². The topological polar surface area (TPSA) is 49.4 Å². The van der Waals surface area contributed by atoms with Crippen LogP contribution in [0.1, 0.15) is 46.5 Å². The second-order valence-electron chi connectivity index (χ2n) is 6.38. The van der Waals surface area contributed by atoms with E-state index >= 15 is 0 Å². The fraction of sp³-hybridized carbons (Fsp3) is 0.857. The molecule has 2 atom stereocenters. The van der Waals surface area contributed by atoms with Crippen LogP contribution in [0.25, 0.3) is 0 Å². The van der Waals surface area contributed by atoms with Crippen molar-refractivity contribution in [3.8, 4) is 0 Å². The van der Waals surface area contributed by atoms with E-state index in [4.69, 9.17) is 0 Å². The third kappa shape index (κ3) is 2.74. The van der Waals surface area contributed by atoms with Crippen LogP contribution in [0.15, 0.2) is 0 Å². The monoisotopic (exact) mass is 306 g/mol. The average molecular weight is 306 g/mol.